The number of aryl methyl sites for hydroxylation is 1. The van der Waals surface area contributed by atoms with E-state index in [2.05, 4.69) is 16.9 Å². The largest absolute Gasteiger partial charge is 0.310 e. The molecule has 16 heavy (non-hydrogen) atoms. The molecular formula is C13H18N2O. The molecule has 3 heteroatoms. The van der Waals surface area contributed by atoms with Gasteiger partial charge in [0.2, 0.25) is 0 Å². The average Bonchev–Trinajstić information content (AvgIpc) is 2.85. The summed E-state index contributed by atoms with van der Waals surface area (Å²) in [6, 6.07) is 0. The van der Waals surface area contributed by atoms with Crippen LogP contribution in [0.2, 0.25) is 0 Å². The van der Waals surface area contributed by atoms with Gasteiger partial charge in [0, 0.05) is 11.5 Å². The maximum atomic E-state index is 11.9. The Labute approximate surface area is 95.3 Å². The van der Waals surface area contributed by atoms with E-state index in [4.69, 9.17) is 0 Å². The van der Waals surface area contributed by atoms with Crippen LogP contribution < -0.4 is 5.56 Å². The molecule has 2 unspecified atom stereocenters. The molecule has 3 nitrogen and oxygen atoms in total. The van der Waals surface area contributed by atoms with E-state index in [0.29, 0.717) is 5.92 Å². The summed E-state index contributed by atoms with van der Waals surface area (Å²) in [6.07, 6.45) is 6.64. The predicted octanol–water partition coefficient (Wildman–Crippen LogP) is 2.16. The number of hydrogen-bond acceptors (Lipinski definition) is 2. The summed E-state index contributed by atoms with van der Waals surface area (Å²) in [5.41, 5.74) is 2.13. The first-order chi connectivity index (χ1) is 7.74. The van der Waals surface area contributed by atoms with Gasteiger partial charge in [-0.3, -0.25) is 4.79 Å². The molecule has 2 aliphatic rings. The van der Waals surface area contributed by atoms with E-state index in [0.717, 1.165) is 42.3 Å². The van der Waals surface area contributed by atoms with E-state index in [9.17, 15) is 4.79 Å². The van der Waals surface area contributed by atoms with Crippen molar-refractivity contribution < 1.29 is 0 Å². The Morgan fingerprint density at radius 3 is 2.94 bits per heavy atom. The molecule has 0 aromatic carbocycles. The summed E-state index contributed by atoms with van der Waals surface area (Å²) >= 11 is 0. The summed E-state index contributed by atoms with van der Waals surface area (Å²) < 4.78 is 0. The maximum Gasteiger partial charge on any atom is 0.254 e. The van der Waals surface area contributed by atoms with Crippen LogP contribution >= 0.6 is 0 Å². The van der Waals surface area contributed by atoms with Crippen molar-refractivity contribution in [2.45, 2.75) is 51.4 Å². The second-order valence-electron chi connectivity index (χ2n) is 5.35. The van der Waals surface area contributed by atoms with Crippen molar-refractivity contribution in [2.24, 2.45) is 5.92 Å². The predicted molar refractivity (Wildman–Crippen MR) is 62.6 cm³/mol. The van der Waals surface area contributed by atoms with Gasteiger partial charge in [-0.15, -0.1) is 0 Å². The second-order valence-corrected chi connectivity index (χ2v) is 5.35. The molecule has 1 heterocycles. The van der Waals surface area contributed by atoms with Gasteiger partial charge in [0.25, 0.3) is 5.56 Å². The first-order valence-electron chi connectivity index (χ1n) is 6.36. The molecular weight excluding hydrogens is 200 g/mol. The van der Waals surface area contributed by atoms with E-state index >= 15 is 0 Å². The third kappa shape index (κ3) is 1.58. The van der Waals surface area contributed by atoms with Gasteiger partial charge in [-0.1, -0.05) is 6.92 Å². The highest BCUT2D eigenvalue weighted by Crippen LogP contribution is 2.36. The maximum absolute atomic E-state index is 11.9. The minimum absolute atomic E-state index is 0.122. The van der Waals surface area contributed by atoms with Crippen molar-refractivity contribution in [1.82, 2.24) is 9.97 Å². The lowest BCUT2D eigenvalue weighted by Crippen LogP contribution is -2.18. The first kappa shape index (κ1) is 10.1. The highest BCUT2D eigenvalue weighted by atomic mass is 16.1. The van der Waals surface area contributed by atoms with Crippen molar-refractivity contribution in [2.75, 3.05) is 0 Å². The van der Waals surface area contributed by atoms with E-state index in [1.165, 1.54) is 19.3 Å². The van der Waals surface area contributed by atoms with E-state index < -0.39 is 0 Å². The lowest BCUT2D eigenvalue weighted by Gasteiger charge is -2.10. The third-order valence-electron chi connectivity index (χ3n) is 4.04. The molecule has 2 aliphatic carbocycles. The topological polar surface area (TPSA) is 45.8 Å². The van der Waals surface area contributed by atoms with Gasteiger partial charge >= 0.3 is 0 Å². The zero-order chi connectivity index (χ0) is 11.1. The summed E-state index contributed by atoms with van der Waals surface area (Å²) in [5, 5.41) is 0. The fraction of sp³-hybridized carbons (Fsp3) is 0.692. The highest BCUT2D eigenvalue weighted by molar-refractivity contribution is 5.23. The van der Waals surface area contributed by atoms with Gasteiger partial charge in [0.1, 0.15) is 5.82 Å². The molecule has 0 aliphatic heterocycles. The van der Waals surface area contributed by atoms with Crippen LogP contribution in [0, 0.1) is 5.92 Å². The standard InChI is InChI=1S/C13H18N2O/c1-8-5-6-9(7-8)12-14-11-4-2-3-10(11)13(16)15-12/h8-9H,2-7H2,1H3,(H,14,15,16). The Balaban J connectivity index is 1.97. The number of aromatic nitrogens is 2. The van der Waals surface area contributed by atoms with Crippen LogP contribution in [-0.4, -0.2) is 9.97 Å². The minimum atomic E-state index is 0.122. The molecule has 0 spiro atoms. The zero-order valence-electron chi connectivity index (χ0n) is 9.75. The fourth-order valence-corrected chi connectivity index (χ4v) is 3.11. The Hall–Kier alpha value is -1.12. The lowest BCUT2D eigenvalue weighted by molar-refractivity contribution is 0.583. The summed E-state index contributed by atoms with van der Waals surface area (Å²) in [5.74, 6) is 2.23. The van der Waals surface area contributed by atoms with Crippen molar-refractivity contribution in [3.8, 4) is 0 Å². The quantitative estimate of drug-likeness (QED) is 0.785. The molecule has 0 saturated heterocycles. The van der Waals surface area contributed by atoms with Gasteiger partial charge < -0.3 is 4.98 Å². The van der Waals surface area contributed by atoms with Crippen molar-refractivity contribution >= 4 is 0 Å². The smallest absolute Gasteiger partial charge is 0.254 e. The number of hydrogen-bond donors (Lipinski definition) is 1. The molecule has 1 aromatic heterocycles. The van der Waals surface area contributed by atoms with Gasteiger partial charge in [0.05, 0.1) is 5.69 Å². The van der Waals surface area contributed by atoms with Gasteiger partial charge in [0.15, 0.2) is 0 Å². The minimum Gasteiger partial charge on any atom is -0.310 e. The summed E-state index contributed by atoms with van der Waals surface area (Å²) in [6.45, 7) is 2.28. The number of aromatic amines is 1. The number of nitrogens with zero attached hydrogens (tertiary/aromatic N) is 1. The lowest BCUT2D eigenvalue weighted by atomic mass is 10.1. The molecule has 1 aromatic rings. The Kier molecular flexibility index (Phi) is 2.34. The van der Waals surface area contributed by atoms with Crippen LogP contribution in [0.1, 0.15) is 55.6 Å². The van der Waals surface area contributed by atoms with Gasteiger partial charge in [-0.25, -0.2) is 4.98 Å². The van der Waals surface area contributed by atoms with Crippen LogP contribution in [0.25, 0.3) is 0 Å². The molecule has 0 amide bonds. The van der Waals surface area contributed by atoms with Crippen LogP contribution in [0.5, 0.6) is 0 Å². The molecule has 2 atom stereocenters. The Bertz CT molecular complexity index is 463. The highest BCUT2D eigenvalue weighted by Gasteiger charge is 2.26. The second kappa shape index (κ2) is 3.72. The number of fused-ring (bicyclic) bond motifs is 1. The molecule has 1 N–H and O–H groups in total. The molecule has 0 radical (unpaired) electrons. The normalized spacial score (nSPS) is 28.3. The van der Waals surface area contributed by atoms with Crippen LogP contribution in [0.3, 0.4) is 0 Å². The van der Waals surface area contributed by atoms with E-state index in [-0.39, 0.29) is 5.56 Å². The van der Waals surface area contributed by atoms with Crippen LogP contribution in [0.4, 0.5) is 0 Å². The first-order valence-corrected chi connectivity index (χ1v) is 6.36. The summed E-state index contributed by atoms with van der Waals surface area (Å²) in [7, 11) is 0. The number of rotatable bonds is 1. The number of H-pyrrole nitrogens is 1. The fourth-order valence-electron chi connectivity index (χ4n) is 3.11. The third-order valence-corrected chi connectivity index (χ3v) is 4.04. The molecule has 1 fully saturated rings. The Morgan fingerprint density at radius 2 is 2.19 bits per heavy atom. The number of nitrogens with one attached hydrogen (secondary N) is 1. The Morgan fingerprint density at radius 1 is 1.31 bits per heavy atom. The van der Waals surface area contributed by atoms with E-state index in [1.54, 1.807) is 0 Å². The monoisotopic (exact) mass is 218 g/mol. The van der Waals surface area contributed by atoms with E-state index in [1.807, 2.05) is 0 Å². The average molecular weight is 218 g/mol. The molecule has 86 valence electrons. The molecule has 1 saturated carbocycles. The molecule has 3 rings (SSSR count). The SMILES string of the molecule is CC1CCC(c2nc3c(c(=O)[nH]2)CCC3)C1. The van der Waals surface area contributed by atoms with Crippen molar-refractivity contribution in [3.63, 3.8) is 0 Å². The van der Waals surface area contributed by atoms with Crippen molar-refractivity contribution in [1.29, 1.82) is 0 Å². The van der Waals surface area contributed by atoms with Crippen LogP contribution in [-0.2, 0) is 12.8 Å². The summed E-state index contributed by atoms with van der Waals surface area (Å²) in [4.78, 5) is 19.6. The molecule has 0 bridgehead atoms. The van der Waals surface area contributed by atoms with Crippen molar-refractivity contribution in [3.05, 3.63) is 27.4 Å². The van der Waals surface area contributed by atoms with Crippen LogP contribution in [0.15, 0.2) is 4.79 Å². The van der Waals surface area contributed by atoms with Gasteiger partial charge in [-0.2, -0.15) is 0 Å². The zero-order valence-corrected chi connectivity index (χ0v) is 9.75. The van der Waals surface area contributed by atoms with Gasteiger partial charge in [-0.05, 0) is 44.4 Å².